The van der Waals surface area contributed by atoms with Gasteiger partial charge in [-0.05, 0) is 91.2 Å². The number of ether oxygens (including phenoxy) is 2. The molecule has 0 heterocycles. The second kappa shape index (κ2) is 28.4. The fraction of sp³-hybridized carbons (Fsp3) is 0.535. The van der Waals surface area contributed by atoms with E-state index in [0.717, 1.165) is 11.1 Å². The summed E-state index contributed by atoms with van der Waals surface area (Å²) in [5.74, 6) is -6.03. The Bertz CT molecular complexity index is 1690. The Kier molecular flexibility index (Phi) is 25.6. The minimum atomic E-state index is -1.11. The molecule has 0 fully saturated rings. The van der Waals surface area contributed by atoms with Gasteiger partial charge in [0.15, 0.2) is 5.78 Å². The number of carbonyl (C=O) groups excluding carboxylic acids is 5. The summed E-state index contributed by atoms with van der Waals surface area (Å²) in [6.45, 7) is 10.6. The number of carboxylic acids is 3. The summed E-state index contributed by atoms with van der Waals surface area (Å²) in [4.78, 5) is 90.7. The number of nitrogens with two attached hydrogens (primary N) is 3. The summed E-state index contributed by atoms with van der Waals surface area (Å²) < 4.78 is 10.4. The molecule has 0 saturated carbocycles. The molecule has 0 radical (unpaired) electrons. The molecular weight excluding hydrogens is 794 g/mol. The van der Waals surface area contributed by atoms with Gasteiger partial charge in [-0.25, -0.2) is 9.59 Å². The first-order valence-electron chi connectivity index (χ1n) is 19.9. The summed E-state index contributed by atoms with van der Waals surface area (Å²) in [6, 6.07) is 15.9. The van der Waals surface area contributed by atoms with Gasteiger partial charge in [-0.3, -0.25) is 28.8 Å². The Morgan fingerprint density at radius 2 is 1.15 bits per heavy atom. The molecule has 0 spiro atoms. The lowest BCUT2D eigenvalue weighted by molar-refractivity contribution is -0.159. The Balaban J connectivity index is 0.000000987. The lowest BCUT2D eigenvalue weighted by atomic mass is 9.92. The molecule has 11 N–H and O–H groups in total. The smallest absolute Gasteiger partial charge is 0.408 e. The predicted octanol–water partition coefficient (Wildman–Crippen LogP) is 4.34. The highest BCUT2D eigenvalue weighted by Gasteiger charge is 2.29. The number of urea groups is 1. The van der Waals surface area contributed by atoms with Crippen molar-refractivity contribution in [2.45, 2.75) is 129 Å². The molecule has 0 aliphatic heterocycles. The van der Waals surface area contributed by atoms with Gasteiger partial charge in [-0.15, -0.1) is 0 Å². The molecule has 0 unspecified atom stereocenters. The molecule has 2 aromatic carbocycles. The molecule has 0 aliphatic carbocycles. The first kappa shape index (κ1) is 55.0. The number of amides is 4. The van der Waals surface area contributed by atoms with E-state index in [1.807, 2.05) is 60.7 Å². The van der Waals surface area contributed by atoms with Gasteiger partial charge in [-0.1, -0.05) is 67.1 Å². The van der Waals surface area contributed by atoms with Gasteiger partial charge in [0.05, 0.1) is 24.3 Å². The van der Waals surface area contributed by atoms with Crippen molar-refractivity contribution in [1.29, 1.82) is 0 Å². The van der Waals surface area contributed by atoms with E-state index < -0.39 is 76.9 Å². The molecule has 61 heavy (non-hydrogen) atoms. The minimum Gasteiger partial charge on any atom is -0.481 e. The zero-order valence-electron chi connectivity index (χ0n) is 36.0. The number of carbonyl (C=O) groups is 8. The largest absolute Gasteiger partial charge is 0.481 e. The summed E-state index contributed by atoms with van der Waals surface area (Å²) in [6.07, 6.45) is 1.91. The number of nitrogens with one attached hydrogen (secondary N) is 2. The van der Waals surface area contributed by atoms with Gasteiger partial charge in [0, 0.05) is 19.4 Å². The lowest BCUT2D eigenvalue weighted by Gasteiger charge is -2.24. The van der Waals surface area contributed by atoms with Crippen molar-refractivity contribution in [3.8, 4) is 0 Å². The Morgan fingerprint density at radius 1 is 0.639 bits per heavy atom. The Hall–Kier alpha value is -6.04. The number of hydrogen-bond acceptors (Lipinski definition) is 11. The van der Waals surface area contributed by atoms with Crippen molar-refractivity contribution in [2.75, 3.05) is 6.54 Å². The van der Waals surface area contributed by atoms with Crippen molar-refractivity contribution in [3.05, 3.63) is 71.8 Å². The maximum Gasteiger partial charge on any atom is 0.408 e. The second-order valence-electron chi connectivity index (χ2n) is 16.2. The number of hydrogen-bond donors (Lipinski definition) is 8. The van der Waals surface area contributed by atoms with Crippen LogP contribution in [0.1, 0.15) is 104 Å². The normalized spacial score (nSPS) is 12.8. The van der Waals surface area contributed by atoms with Gasteiger partial charge < -0.3 is 52.6 Å². The first-order valence-corrected chi connectivity index (χ1v) is 19.9. The van der Waals surface area contributed by atoms with Crippen molar-refractivity contribution < 1.29 is 63.1 Å². The van der Waals surface area contributed by atoms with E-state index in [1.54, 1.807) is 41.5 Å². The molecule has 0 saturated heterocycles. The van der Waals surface area contributed by atoms with E-state index >= 15 is 0 Å². The van der Waals surface area contributed by atoms with Crippen LogP contribution < -0.4 is 27.8 Å². The first-order chi connectivity index (χ1) is 28.3. The van der Waals surface area contributed by atoms with Crippen LogP contribution in [-0.4, -0.2) is 92.8 Å². The summed E-state index contributed by atoms with van der Waals surface area (Å²) in [5.41, 5.74) is 15.5. The molecule has 18 nitrogen and oxygen atoms in total. The SMILES string of the molecule is CC(C)(C)OC(=O)C[C@@H](Cc1ccccc1)C(=O)O.CC(C)(C)OC(=O)N[C@H](Cc1ccccc1)C(=O)C[C@@H](CCCNC(N)=O)C(=O)O.NC(=O)CCCC[C@H](N)C(=O)O. The van der Waals surface area contributed by atoms with Crippen LogP contribution >= 0.6 is 0 Å². The third-order valence-electron chi connectivity index (χ3n) is 8.20. The van der Waals surface area contributed by atoms with E-state index in [2.05, 4.69) is 10.6 Å². The highest BCUT2D eigenvalue weighted by Crippen LogP contribution is 2.18. The van der Waals surface area contributed by atoms with Crippen LogP contribution in [0.2, 0.25) is 0 Å². The molecule has 0 bridgehead atoms. The number of esters is 1. The van der Waals surface area contributed by atoms with Gasteiger partial charge >= 0.3 is 36.0 Å². The molecule has 0 aliphatic rings. The Labute approximate surface area is 357 Å². The third kappa shape index (κ3) is 29.8. The number of carboxylic acid groups (broad SMARTS) is 3. The summed E-state index contributed by atoms with van der Waals surface area (Å²) in [5, 5.41) is 32.0. The number of Topliss-reactive ketones (excluding diaryl/α,β-unsaturated/α-hetero) is 1. The number of ketones is 1. The summed E-state index contributed by atoms with van der Waals surface area (Å²) in [7, 11) is 0. The molecule has 2 rings (SSSR count). The zero-order valence-corrected chi connectivity index (χ0v) is 36.0. The molecule has 18 heteroatoms. The number of rotatable bonds is 22. The molecule has 4 atom stereocenters. The monoisotopic (exact) mass is 859 g/mol. The highest BCUT2D eigenvalue weighted by molar-refractivity contribution is 5.90. The second-order valence-corrected chi connectivity index (χ2v) is 16.2. The van der Waals surface area contributed by atoms with Crippen molar-refractivity contribution in [2.24, 2.45) is 29.0 Å². The molecule has 2 aromatic rings. The molecule has 0 aromatic heterocycles. The Morgan fingerprint density at radius 3 is 1.59 bits per heavy atom. The van der Waals surface area contributed by atoms with Crippen molar-refractivity contribution >= 4 is 47.7 Å². The number of aliphatic carboxylic acids is 3. The average molecular weight is 860 g/mol. The van der Waals surface area contributed by atoms with Gasteiger partial charge in [-0.2, -0.15) is 0 Å². The van der Waals surface area contributed by atoms with Crippen molar-refractivity contribution in [1.82, 2.24) is 10.6 Å². The third-order valence-corrected chi connectivity index (χ3v) is 8.20. The van der Waals surface area contributed by atoms with Gasteiger partial charge in [0.2, 0.25) is 5.91 Å². The van der Waals surface area contributed by atoms with Crippen LogP contribution in [-0.2, 0) is 51.1 Å². The van der Waals surface area contributed by atoms with E-state index in [0.29, 0.717) is 38.5 Å². The van der Waals surface area contributed by atoms with Crippen LogP contribution in [0, 0.1) is 11.8 Å². The maximum atomic E-state index is 12.9. The average Bonchev–Trinajstić information content (AvgIpc) is 3.13. The molecule has 4 amide bonds. The number of unbranched alkanes of at least 4 members (excludes halogenated alkanes) is 1. The van der Waals surface area contributed by atoms with Crippen LogP contribution in [0.3, 0.4) is 0 Å². The van der Waals surface area contributed by atoms with E-state index in [-0.39, 0.29) is 38.1 Å². The lowest BCUT2D eigenvalue weighted by Crippen LogP contribution is -2.45. The van der Waals surface area contributed by atoms with Crippen LogP contribution in [0.5, 0.6) is 0 Å². The quantitative estimate of drug-likeness (QED) is 0.0604. The van der Waals surface area contributed by atoms with E-state index in [1.165, 1.54) is 0 Å². The predicted molar refractivity (Wildman–Crippen MR) is 226 cm³/mol. The zero-order chi connectivity index (χ0) is 46.8. The van der Waals surface area contributed by atoms with E-state index in [9.17, 15) is 48.6 Å². The number of alkyl carbamates (subject to hydrolysis) is 1. The number of primary amides is 2. The van der Waals surface area contributed by atoms with Gasteiger partial charge in [0.25, 0.3) is 0 Å². The fourth-order valence-corrected chi connectivity index (χ4v) is 5.32. The fourth-order valence-electron chi connectivity index (χ4n) is 5.32. The molecule has 340 valence electrons. The molecular formula is C43H65N5O13. The van der Waals surface area contributed by atoms with Crippen molar-refractivity contribution in [3.63, 3.8) is 0 Å². The summed E-state index contributed by atoms with van der Waals surface area (Å²) >= 11 is 0. The van der Waals surface area contributed by atoms with Crippen LogP contribution in [0.4, 0.5) is 9.59 Å². The van der Waals surface area contributed by atoms with Crippen LogP contribution in [0.25, 0.3) is 0 Å². The van der Waals surface area contributed by atoms with E-state index in [4.69, 9.17) is 31.8 Å². The minimum absolute atomic E-state index is 0.110. The standard InChI is InChI=1S/C21H31N3O6.C15H20O4.C7H14N2O3/c1-21(2,3)30-20(29)24-16(12-14-8-5-4-6-9-14)17(25)13-15(18(26)27)10-7-11-23-19(22)28;1-15(2,3)19-13(16)10-12(14(17)18)9-11-7-5-4-6-8-11;8-5(7(11)12)3-1-2-4-6(9)10/h4-6,8-9,15-16H,7,10-13H2,1-3H3,(H,24,29)(H,26,27)(H3,22,23,28);4-8,12H,9-10H2,1-3H3,(H,17,18);5H,1-4,8H2,(H2,9,10)(H,11,12)/t15-,16-;12-;5-/m110/s1. The maximum absolute atomic E-state index is 12.9. The number of benzene rings is 2. The topological polar surface area (TPSA) is 318 Å². The highest BCUT2D eigenvalue weighted by atomic mass is 16.6. The van der Waals surface area contributed by atoms with Gasteiger partial charge in [0.1, 0.15) is 17.2 Å². The van der Waals surface area contributed by atoms with Crippen LogP contribution in [0.15, 0.2) is 60.7 Å².